The molecular weight excluding hydrogens is 172 g/mol. The molecule has 6 nitrogen and oxygen atoms in total. The Morgan fingerprint density at radius 1 is 1.77 bits per heavy atom. The van der Waals surface area contributed by atoms with Crippen molar-refractivity contribution in [2.75, 3.05) is 6.54 Å². The van der Waals surface area contributed by atoms with E-state index in [1.807, 2.05) is 13.8 Å². The summed E-state index contributed by atoms with van der Waals surface area (Å²) in [6.45, 7) is 4.06. The predicted molar refractivity (Wildman–Crippen MR) is 45.4 cm³/mol. The van der Waals surface area contributed by atoms with Crippen molar-refractivity contribution in [2.45, 2.75) is 19.3 Å². The average Bonchev–Trinajstić information content (AvgIpc) is 2.53. The minimum atomic E-state index is -1.03. The number of carboxylic acid groups (broad SMARTS) is 1. The predicted octanol–water partition coefficient (Wildman–Crippen LogP) is 0.350. The highest BCUT2D eigenvalue weighted by molar-refractivity contribution is 5.64. The first-order valence-electron chi connectivity index (χ1n) is 3.86. The number of hydrogen-bond donors (Lipinski definition) is 3. The lowest BCUT2D eigenvalue weighted by Crippen LogP contribution is -2.36. The Hall–Kier alpha value is -1.59. The Kier molecular flexibility index (Phi) is 2.50. The van der Waals surface area contributed by atoms with Crippen molar-refractivity contribution in [3.05, 3.63) is 12.2 Å². The highest BCUT2D eigenvalue weighted by Crippen LogP contribution is 2.16. The molecule has 0 aliphatic carbocycles. The molecule has 0 fully saturated rings. The van der Waals surface area contributed by atoms with Gasteiger partial charge in [-0.3, -0.25) is 0 Å². The molecule has 0 aromatic carbocycles. The quantitative estimate of drug-likeness (QED) is 0.632. The van der Waals surface area contributed by atoms with Crippen molar-refractivity contribution in [3.63, 3.8) is 0 Å². The second kappa shape index (κ2) is 3.42. The van der Waals surface area contributed by atoms with Gasteiger partial charge in [-0.25, -0.2) is 4.79 Å². The van der Waals surface area contributed by atoms with Gasteiger partial charge in [-0.2, -0.15) is 0 Å². The molecule has 1 aromatic rings. The topological polar surface area (TPSA) is 90.9 Å². The molecule has 0 saturated heterocycles. The summed E-state index contributed by atoms with van der Waals surface area (Å²) in [6.07, 6.45) is 0.435. The molecule has 0 aliphatic rings. The highest BCUT2D eigenvalue weighted by atomic mass is 16.4. The maximum Gasteiger partial charge on any atom is 0.404 e. The molecule has 0 radical (unpaired) electrons. The second-order valence-electron chi connectivity index (χ2n) is 3.38. The molecule has 6 heteroatoms. The van der Waals surface area contributed by atoms with Crippen molar-refractivity contribution >= 4 is 6.09 Å². The summed E-state index contributed by atoms with van der Waals surface area (Å²) >= 11 is 0. The van der Waals surface area contributed by atoms with Crippen LogP contribution in [0.1, 0.15) is 19.7 Å². The number of nitrogens with zero attached hydrogens (tertiary/aromatic N) is 2. The van der Waals surface area contributed by atoms with E-state index in [-0.39, 0.29) is 5.41 Å². The van der Waals surface area contributed by atoms with E-state index in [9.17, 15) is 4.79 Å². The summed E-state index contributed by atoms with van der Waals surface area (Å²) in [5, 5.41) is 18.2. The lowest BCUT2D eigenvalue weighted by Gasteiger charge is -2.20. The molecule has 1 aromatic heterocycles. The summed E-state index contributed by atoms with van der Waals surface area (Å²) in [7, 11) is 0. The normalized spacial score (nSPS) is 11.2. The lowest BCUT2D eigenvalue weighted by molar-refractivity contribution is 0.191. The summed E-state index contributed by atoms with van der Waals surface area (Å²) in [5.74, 6) is 0.668. The Morgan fingerprint density at radius 3 is 2.92 bits per heavy atom. The highest BCUT2D eigenvalue weighted by Gasteiger charge is 2.24. The minimum absolute atomic E-state index is 0.303. The lowest BCUT2D eigenvalue weighted by atomic mass is 9.93. The van der Waals surface area contributed by atoms with Crippen LogP contribution in [0.15, 0.2) is 6.33 Å². The van der Waals surface area contributed by atoms with Crippen LogP contribution in [-0.2, 0) is 5.41 Å². The van der Waals surface area contributed by atoms with Crippen LogP contribution in [0.2, 0.25) is 0 Å². The number of H-pyrrole nitrogens is 1. The van der Waals surface area contributed by atoms with E-state index in [1.165, 1.54) is 6.33 Å². The van der Waals surface area contributed by atoms with E-state index in [2.05, 4.69) is 20.5 Å². The number of carbonyl (C=O) groups is 1. The van der Waals surface area contributed by atoms with Crippen molar-refractivity contribution in [1.82, 2.24) is 20.5 Å². The van der Waals surface area contributed by atoms with E-state index < -0.39 is 6.09 Å². The molecule has 0 bridgehead atoms. The van der Waals surface area contributed by atoms with Crippen LogP contribution < -0.4 is 5.32 Å². The Bertz CT molecular complexity index is 281. The summed E-state index contributed by atoms with van der Waals surface area (Å²) in [5.41, 5.74) is -0.366. The van der Waals surface area contributed by atoms with Gasteiger partial charge in [-0.15, -0.1) is 10.2 Å². The molecule has 0 spiro atoms. The summed E-state index contributed by atoms with van der Waals surface area (Å²) in [6, 6.07) is 0. The molecule has 0 aliphatic heterocycles. The third-order valence-electron chi connectivity index (χ3n) is 1.74. The fourth-order valence-corrected chi connectivity index (χ4v) is 0.917. The first kappa shape index (κ1) is 9.50. The van der Waals surface area contributed by atoms with Gasteiger partial charge in [-0.05, 0) is 0 Å². The molecule has 0 unspecified atom stereocenters. The smallest absolute Gasteiger partial charge is 0.404 e. The molecule has 3 N–H and O–H groups in total. The fraction of sp³-hybridized carbons (Fsp3) is 0.571. The largest absolute Gasteiger partial charge is 0.465 e. The molecule has 0 saturated carbocycles. The van der Waals surface area contributed by atoms with Crippen LogP contribution in [0.25, 0.3) is 0 Å². The Morgan fingerprint density at radius 2 is 2.46 bits per heavy atom. The second-order valence-corrected chi connectivity index (χ2v) is 3.38. The number of nitrogens with one attached hydrogen (secondary N) is 2. The van der Waals surface area contributed by atoms with Gasteiger partial charge in [0.2, 0.25) is 0 Å². The zero-order valence-electron chi connectivity index (χ0n) is 7.53. The molecule has 1 amide bonds. The first-order valence-corrected chi connectivity index (χ1v) is 3.86. The number of hydrogen-bond acceptors (Lipinski definition) is 3. The van der Waals surface area contributed by atoms with Gasteiger partial charge in [-0.1, -0.05) is 13.8 Å². The van der Waals surface area contributed by atoms with Crippen LogP contribution in [0.5, 0.6) is 0 Å². The van der Waals surface area contributed by atoms with Crippen molar-refractivity contribution in [1.29, 1.82) is 0 Å². The standard InChI is InChI=1S/C7H12N4O2/c1-7(2,3-8-6(12)13)5-9-4-10-11-5/h4,8H,3H2,1-2H3,(H,12,13)(H,9,10,11). The van der Waals surface area contributed by atoms with E-state index in [1.54, 1.807) is 0 Å². The molecule has 1 heterocycles. The van der Waals surface area contributed by atoms with Gasteiger partial charge in [0.05, 0.1) is 0 Å². The molecular formula is C7H12N4O2. The van der Waals surface area contributed by atoms with E-state index in [0.717, 1.165) is 0 Å². The maximum absolute atomic E-state index is 10.3. The Balaban J connectivity index is 2.61. The van der Waals surface area contributed by atoms with Gasteiger partial charge >= 0.3 is 6.09 Å². The SMILES string of the molecule is CC(C)(CNC(=O)O)c1nnc[nH]1. The third-order valence-corrected chi connectivity index (χ3v) is 1.74. The van der Waals surface area contributed by atoms with Gasteiger partial charge in [0.15, 0.2) is 0 Å². The van der Waals surface area contributed by atoms with Gasteiger partial charge < -0.3 is 15.4 Å². The number of aromatic amines is 1. The van der Waals surface area contributed by atoms with Crippen molar-refractivity contribution in [2.24, 2.45) is 0 Å². The summed E-state index contributed by atoms with van der Waals surface area (Å²) < 4.78 is 0. The molecule has 1 rings (SSSR count). The van der Waals surface area contributed by atoms with Crippen LogP contribution in [-0.4, -0.2) is 32.9 Å². The van der Waals surface area contributed by atoms with E-state index in [0.29, 0.717) is 12.4 Å². The van der Waals surface area contributed by atoms with E-state index in [4.69, 9.17) is 5.11 Å². The average molecular weight is 184 g/mol. The van der Waals surface area contributed by atoms with Gasteiger partial charge in [0.25, 0.3) is 0 Å². The van der Waals surface area contributed by atoms with Crippen LogP contribution >= 0.6 is 0 Å². The zero-order valence-corrected chi connectivity index (χ0v) is 7.53. The Labute approximate surface area is 75.4 Å². The van der Waals surface area contributed by atoms with Crippen LogP contribution in [0.4, 0.5) is 4.79 Å². The van der Waals surface area contributed by atoms with Gasteiger partial charge in [0, 0.05) is 12.0 Å². The number of amides is 1. The molecule has 72 valence electrons. The number of rotatable bonds is 3. The maximum atomic E-state index is 10.3. The first-order chi connectivity index (χ1) is 6.02. The number of aromatic nitrogens is 3. The molecule has 0 atom stereocenters. The third kappa shape index (κ3) is 2.43. The van der Waals surface area contributed by atoms with Crippen molar-refractivity contribution < 1.29 is 9.90 Å². The van der Waals surface area contributed by atoms with E-state index >= 15 is 0 Å². The minimum Gasteiger partial charge on any atom is -0.465 e. The monoisotopic (exact) mass is 184 g/mol. The summed E-state index contributed by atoms with van der Waals surface area (Å²) in [4.78, 5) is 13.1. The van der Waals surface area contributed by atoms with Crippen molar-refractivity contribution in [3.8, 4) is 0 Å². The van der Waals surface area contributed by atoms with Gasteiger partial charge in [0.1, 0.15) is 12.2 Å². The van der Waals surface area contributed by atoms with Crippen LogP contribution in [0.3, 0.4) is 0 Å². The van der Waals surface area contributed by atoms with Crippen LogP contribution in [0, 0.1) is 0 Å². The zero-order chi connectivity index (χ0) is 9.90. The fourth-order valence-electron chi connectivity index (χ4n) is 0.917. The molecule has 13 heavy (non-hydrogen) atoms.